The molecule has 1 aromatic carbocycles. The molecule has 0 unspecified atom stereocenters. The number of hydrogen-bond acceptors (Lipinski definition) is 3. The molecule has 1 heterocycles. The first-order valence-corrected chi connectivity index (χ1v) is 7.18. The van der Waals surface area contributed by atoms with Crippen molar-refractivity contribution in [3.8, 4) is 0 Å². The van der Waals surface area contributed by atoms with Crippen LogP contribution >= 0.6 is 11.6 Å². The average Bonchev–Trinajstić information content (AvgIpc) is 2.48. The third kappa shape index (κ3) is 4.22. The summed E-state index contributed by atoms with van der Waals surface area (Å²) in [6, 6.07) is 12.1. The zero-order chi connectivity index (χ0) is 14.4. The number of rotatable bonds is 6. The van der Waals surface area contributed by atoms with Crippen molar-refractivity contribution in [2.45, 2.75) is 20.0 Å². The van der Waals surface area contributed by atoms with Crippen LogP contribution in [0.4, 0.5) is 5.82 Å². The van der Waals surface area contributed by atoms with Gasteiger partial charge in [0.25, 0.3) is 0 Å². The van der Waals surface area contributed by atoms with Crippen LogP contribution in [0.5, 0.6) is 0 Å². The summed E-state index contributed by atoms with van der Waals surface area (Å²) in [5.41, 5.74) is 2.42. The van der Waals surface area contributed by atoms with Gasteiger partial charge in [0.15, 0.2) is 0 Å². The fraction of sp³-hybridized carbons (Fsp3) is 0.312. The maximum absolute atomic E-state index is 5.89. The van der Waals surface area contributed by atoms with Crippen molar-refractivity contribution >= 4 is 17.4 Å². The van der Waals surface area contributed by atoms with Crippen molar-refractivity contribution in [1.29, 1.82) is 0 Å². The van der Waals surface area contributed by atoms with Gasteiger partial charge in [0, 0.05) is 31.4 Å². The highest BCUT2D eigenvalue weighted by Crippen LogP contribution is 2.15. The van der Waals surface area contributed by atoms with Crippen LogP contribution < -0.4 is 10.2 Å². The van der Waals surface area contributed by atoms with Gasteiger partial charge in [-0.05, 0) is 35.9 Å². The van der Waals surface area contributed by atoms with Crippen LogP contribution in [-0.2, 0) is 13.1 Å². The highest BCUT2D eigenvalue weighted by atomic mass is 35.5. The second-order valence-corrected chi connectivity index (χ2v) is 5.22. The molecule has 0 bridgehead atoms. The average molecular weight is 290 g/mol. The molecule has 0 atom stereocenters. The van der Waals surface area contributed by atoms with Crippen LogP contribution in [0.3, 0.4) is 0 Å². The molecule has 20 heavy (non-hydrogen) atoms. The van der Waals surface area contributed by atoms with E-state index >= 15 is 0 Å². The molecular formula is C16H20ClN3. The molecule has 0 spiro atoms. The number of nitrogens with zero attached hydrogens (tertiary/aromatic N) is 2. The molecule has 0 aliphatic heterocycles. The molecular weight excluding hydrogens is 270 g/mol. The Kier molecular flexibility index (Phi) is 5.39. The summed E-state index contributed by atoms with van der Waals surface area (Å²) in [6.07, 6.45) is 1.93. The number of halogens is 1. The van der Waals surface area contributed by atoms with Crippen molar-refractivity contribution in [3.05, 3.63) is 58.7 Å². The lowest BCUT2D eigenvalue weighted by molar-refractivity contribution is 0.724. The molecule has 1 N–H and O–H groups in total. The third-order valence-electron chi connectivity index (χ3n) is 3.11. The van der Waals surface area contributed by atoms with Crippen LogP contribution in [0.15, 0.2) is 42.6 Å². The number of nitrogens with one attached hydrogen (secondary N) is 1. The largest absolute Gasteiger partial charge is 0.355 e. The van der Waals surface area contributed by atoms with Crippen molar-refractivity contribution in [1.82, 2.24) is 10.3 Å². The Balaban J connectivity index is 1.98. The van der Waals surface area contributed by atoms with Crippen LogP contribution in [0, 0.1) is 0 Å². The SMILES string of the molecule is CCNCc1ccc(N(C)Cc2ccc(Cl)cc2)nc1. The summed E-state index contributed by atoms with van der Waals surface area (Å²) >= 11 is 5.89. The fourth-order valence-corrected chi connectivity index (χ4v) is 2.09. The van der Waals surface area contributed by atoms with Gasteiger partial charge >= 0.3 is 0 Å². The molecule has 0 saturated heterocycles. The van der Waals surface area contributed by atoms with E-state index in [4.69, 9.17) is 11.6 Å². The molecule has 106 valence electrons. The Labute approximate surface area is 125 Å². The lowest BCUT2D eigenvalue weighted by Gasteiger charge is -2.18. The molecule has 0 fully saturated rings. The van der Waals surface area contributed by atoms with E-state index in [0.717, 1.165) is 30.5 Å². The Morgan fingerprint density at radius 1 is 1.10 bits per heavy atom. The van der Waals surface area contributed by atoms with Gasteiger partial charge in [0.05, 0.1) is 0 Å². The van der Waals surface area contributed by atoms with Crippen LogP contribution in [0.25, 0.3) is 0 Å². The van der Waals surface area contributed by atoms with Crippen molar-refractivity contribution in [3.63, 3.8) is 0 Å². The molecule has 0 amide bonds. The minimum absolute atomic E-state index is 0.766. The Hall–Kier alpha value is -1.58. The van der Waals surface area contributed by atoms with Gasteiger partial charge in [-0.15, -0.1) is 0 Å². The van der Waals surface area contributed by atoms with Gasteiger partial charge in [-0.1, -0.05) is 36.7 Å². The molecule has 2 rings (SSSR count). The van der Waals surface area contributed by atoms with Crippen molar-refractivity contribution in [2.24, 2.45) is 0 Å². The summed E-state index contributed by atoms with van der Waals surface area (Å²) in [6.45, 7) is 4.75. The quantitative estimate of drug-likeness (QED) is 0.882. The highest BCUT2D eigenvalue weighted by molar-refractivity contribution is 6.30. The van der Waals surface area contributed by atoms with Gasteiger partial charge in [0.1, 0.15) is 5.82 Å². The van der Waals surface area contributed by atoms with Crippen LogP contribution in [0.2, 0.25) is 5.02 Å². The summed E-state index contributed by atoms with van der Waals surface area (Å²) in [7, 11) is 2.04. The molecule has 3 nitrogen and oxygen atoms in total. The lowest BCUT2D eigenvalue weighted by Crippen LogP contribution is -2.18. The van der Waals surface area contributed by atoms with E-state index in [9.17, 15) is 0 Å². The van der Waals surface area contributed by atoms with Gasteiger partial charge < -0.3 is 10.2 Å². The van der Waals surface area contributed by atoms with E-state index in [0.29, 0.717) is 0 Å². The first-order valence-electron chi connectivity index (χ1n) is 6.80. The third-order valence-corrected chi connectivity index (χ3v) is 3.36. The van der Waals surface area contributed by atoms with Crippen molar-refractivity contribution in [2.75, 3.05) is 18.5 Å². The van der Waals surface area contributed by atoms with E-state index in [1.165, 1.54) is 11.1 Å². The Morgan fingerprint density at radius 2 is 1.80 bits per heavy atom. The smallest absolute Gasteiger partial charge is 0.128 e. The molecule has 0 saturated carbocycles. The molecule has 0 radical (unpaired) electrons. The highest BCUT2D eigenvalue weighted by Gasteiger charge is 2.04. The van der Waals surface area contributed by atoms with E-state index in [-0.39, 0.29) is 0 Å². The zero-order valence-electron chi connectivity index (χ0n) is 11.9. The summed E-state index contributed by atoms with van der Waals surface area (Å²) in [5.74, 6) is 0.972. The second-order valence-electron chi connectivity index (χ2n) is 4.79. The zero-order valence-corrected chi connectivity index (χ0v) is 12.7. The summed E-state index contributed by atoms with van der Waals surface area (Å²) in [4.78, 5) is 6.63. The van der Waals surface area contributed by atoms with Crippen molar-refractivity contribution < 1.29 is 0 Å². The van der Waals surface area contributed by atoms with E-state index in [1.54, 1.807) is 0 Å². The Bertz CT molecular complexity index is 522. The first-order chi connectivity index (χ1) is 9.69. The van der Waals surface area contributed by atoms with E-state index in [2.05, 4.69) is 34.3 Å². The fourth-order valence-electron chi connectivity index (χ4n) is 1.96. The molecule has 4 heteroatoms. The molecule has 2 aromatic rings. The predicted octanol–water partition coefficient (Wildman–Crippen LogP) is 3.48. The maximum Gasteiger partial charge on any atom is 0.128 e. The predicted molar refractivity (Wildman–Crippen MR) is 85.2 cm³/mol. The second kappa shape index (κ2) is 7.27. The summed E-state index contributed by atoms with van der Waals surface area (Å²) in [5, 5.41) is 4.06. The number of anilines is 1. The monoisotopic (exact) mass is 289 g/mol. The first kappa shape index (κ1) is 14.8. The van der Waals surface area contributed by atoms with Gasteiger partial charge in [0.2, 0.25) is 0 Å². The van der Waals surface area contributed by atoms with Gasteiger partial charge in [-0.3, -0.25) is 0 Å². The minimum Gasteiger partial charge on any atom is -0.355 e. The van der Waals surface area contributed by atoms with E-state index < -0.39 is 0 Å². The minimum atomic E-state index is 0.766. The van der Waals surface area contributed by atoms with Crippen LogP contribution in [-0.4, -0.2) is 18.6 Å². The normalized spacial score (nSPS) is 10.6. The lowest BCUT2D eigenvalue weighted by atomic mass is 10.2. The molecule has 1 aromatic heterocycles. The Morgan fingerprint density at radius 3 is 2.40 bits per heavy atom. The number of benzene rings is 1. The summed E-state index contributed by atoms with van der Waals surface area (Å²) < 4.78 is 0. The number of pyridine rings is 1. The number of hydrogen-bond donors (Lipinski definition) is 1. The standard InChI is InChI=1S/C16H20ClN3/c1-3-18-10-14-6-9-16(19-11-14)20(2)12-13-4-7-15(17)8-5-13/h4-9,11,18H,3,10,12H2,1-2H3. The maximum atomic E-state index is 5.89. The molecule has 0 aliphatic rings. The topological polar surface area (TPSA) is 28.2 Å². The van der Waals surface area contributed by atoms with E-state index in [1.807, 2.05) is 37.5 Å². The van der Waals surface area contributed by atoms with Gasteiger partial charge in [-0.2, -0.15) is 0 Å². The van der Waals surface area contributed by atoms with Gasteiger partial charge in [-0.25, -0.2) is 4.98 Å². The number of aromatic nitrogens is 1. The molecule has 0 aliphatic carbocycles. The van der Waals surface area contributed by atoms with Crippen LogP contribution in [0.1, 0.15) is 18.1 Å².